The molecule has 0 bridgehead atoms. The number of amides is 1. The fraction of sp³-hybridized carbons (Fsp3) is 0.250. The van der Waals surface area contributed by atoms with Crippen LogP contribution in [0.25, 0.3) is 0 Å². The molecule has 0 saturated carbocycles. The number of ether oxygens (including phenoxy) is 1. The fourth-order valence-corrected chi connectivity index (χ4v) is 4.08. The summed E-state index contributed by atoms with van der Waals surface area (Å²) in [7, 11) is 0. The smallest absolute Gasteiger partial charge is 0.255 e. The molecule has 8 heteroatoms. The average Bonchev–Trinajstić information content (AvgIpc) is 2.71. The van der Waals surface area contributed by atoms with Crippen molar-refractivity contribution in [1.29, 1.82) is 0 Å². The van der Waals surface area contributed by atoms with Crippen molar-refractivity contribution < 1.29 is 29.3 Å². The summed E-state index contributed by atoms with van der Waals surface area (Å²) in [6.07, 6.45) is 0.988. The van der Waals surface area contributed by atoms with Crippen LogP contribution >= 0.6 is 11.8 Å². The van der Waals surface area contributed by atoms with E-state index in [-0.39, 0.29) is 52.5 Å². The van der Waals surface area contributed by atoms with Crippen LogP contribution < -0.4 is 4.74 Å². The maximum absolute atomic E-state index is 13.0. The van der Waals surface area contributed by atoms with Gasteiger partial charge in [-0.05, 0) is 24.3 Å². The zero-order valence-electron chi connectivity index (χ0n) is 14.9. The number of aldehydes is 2. The topological polar surface area (TPSA) is 104 Å². The van der Waals surface area contributed by atoms with E-state index in [1.54, 1.807) is 28.8 Å². The molecule has 1 aliphatic rings. The van der Waals surface area contributed by atoms with Crippen LogP contribution in [0.15, 0.2) is 36.4 Å². The van der Waals surface area contributed by atoms with Gasteiger partial charge in [0, 0.05) is 18.1 Å². The zero-order chi connectivity index (χ0) is 20.1. The van der Waals surface area contributed by atoms with E-state index in [2.05, 4.69) is 0 Å². The number of phenols is 2. The van der Waals surface area contributed by atoms with E-state index in [1.807, 2.05) is 0 Å². The highest BCUT2D eigenvalue weighted by Gasteiger charge is 2.30. The first-order chi connectivity index (χ1) is 13.6. The predicted octanol–water partition coefficient (Wildman–Crippen LogP) is 2.36. The molecule has 2 aromatic carbocycles. The van der Waals surface area contributed by atoms with Crippen molar-refractivity contribution in [2.75, 3.05) is 24.7 Å². The van der Waals surface area contributed by atoms with Gasteiger partial charge < -0.3 is 19.8 Å². The first-order valence-corrected chi connectivity index (χ1v) is 9.78. The minimum absolute atomic E-state index is 0.0402. The molecule has 1 amide bonds. The Morgan fingerprint density at radius 1 is 1.11 bits per heavy atom. The quantitative estimate of drug-likeness (QED) is 0.716. The van der Waals surface area contributed by atoms with Crippen LogP contribution in [0.3, 0.4) is 0 Å². The molecule has 0 aromatic heterocycles. The lowest BCUT2D eigenvalue weighted by Gasteiger charge is -2.35. The number of phenolic OH excluding ortho intramolecular Hbond substituents is 2. The van der Waals surface area contributed by atoms with E-state index in [1.165, 1.54) is 24.3 Å². The molecule has 0 spiro atoms. The summed E-state index contributed by atoms with van der Waals surface area (Å²) in [5.74, 6) is 0.825. The second kappa shape index (κ2) is 8.79. The van der Waals surface area contributed by atoms with E-state index in [4.69, 9.17) is 4.74 Å². The highest BCUT2D eigenvalue weighted by Crippen LogP contribution is 2.28. The minimum atomic E-state index is -0.363. The Kier molecular flexibility index (Phi) is 6.20. The Morgan fingerprint density at radius 3 is 2.50 bits per heavy atom. The summed E-state index contributed by atoms with van der Waals surface area (Å²) in [4.78, 5) is 37.1. The molecular weight excluding hydrogens is 382 g/mol. The largest absolute Gasteiger partial charge is 0.507 e. The number of rotatable bonds is 6. The van der Waals surface area contributed by atoms with Gasteiger partial charge in [0.25, 0.3) is 5.91 Å². The molecule has 2 aromatic rings. The Bertz CT molecular complexity index is 900. The lowest BCUT2D eigenvalue weighted by molar-refractivity contribution is 0.0644. The van der Waals surface area contributed by atoms with Crippen LogP contribution in [0.2, 0.25) is 0 Å². The summed E-state index contributed by atoms with van der Waals surface area (Å²) in [6.45, 7) is 0.588. The van der Waals surface area contributed by atoms with Crippen LogP contribution in [0.4, 0.5) is 0 Å². The molecule has 146 valence electrons. The number of aromatic hydroxyl groups is 2. The maximum atomic E-state index is 13.0. The standard InChI is InChI=1S/C20H19NO6S/c22-9-15-14(3-1-4-17(15)24)20(26)21-7-8-28-12-13(21)11-27-19-6-2-5-18(25)16(19)10-23/h1-6,9-10,13,24-25H,7-8,11-12H2. The van der Waals surface area contributed by atoms with Gasteiger partial charge in [0.05, 0.1) is 22.7 Å². The number of hydrogen-bond acceptors (Lipinski definition) is 7. The summed E-state index contributed by atoms with van der Waals surface area (Å²) < 4.78 is 5.73. The first-order valence-electron chi connectivity index (χ1n) is 8.62. The number of benzene rings is 2. The zero-order valence-corrected chi connectivity index (χ0v) is 15.7. The monoisotopic (exact) mass is 401 g/mol. The molecule has 0 aliphatic carbocycles. The van der Waals surface area contributed by atoms with Crippen LogP contribution in [-0.4, -0.2) is 64.3 Å². The number of thioether (sulfide) groups is 1. The van der Waals surface area contributed by atoms with E-state index in [0.29, 0.717) is 24.9 Å². The van der Waals surface area contributed by atoms with Crippen molar-refractivity contribution in [3.05, 3.63) is 53.1 Å². The van der Waals surface area contributed by atoms with Crippen molar-refractivity contribution in [2.45, 2.75) is 6.04 Å². The van der Waals surface area contributed by atoms with Gasteiger partial charge in [0.2, 0.25) is 0 Å². The summed E-state index contributed by atoms with van der Waals surface area (Å²) in [5.41, 5.74) is 0.152. The molecule has 0 radical (unpaired) electrons. The van der Waals surface area contributed by atoms with Gasteiger partial charge in [-0.2, -0.15) is 11.8 Å². The molecule has 1 saturated heterocycles. The van der Waals surface area contributed by atoms with Crippen molar-refractivity contribution >= 4 is 30.2 Å². The molecule has 1 fully saturated rings. The van der Waals surface area contributed by atoms with Gasteiger partial charge in [-0.3, -0.25) is 14.4 Å². The third kappa shape index (κ3) is 3.96. The van der Waals surface area contributed by atoms with Crippen molar-refractivity contribution in [3.63, 3.8) is 0 Å². The van der Waals surface area contributed by atoms with Gasteiger partial charge in [0.15, 0.2) is 12.6 Å². The van der Waals surface area contributed by atoms with Crippen molar-refractivity contribution in [3.8, 4) is 17.2 Å². The van der Waals surface area contributed by atoms with E-state index in [9.17, 15) is 24.6 Å². The molecule has 1 aliphatic heterocycles. The maximum Gasteiger partial charge on any atom is 0.255 e. The minimum Gasteiger partial charge on any atom is -0.507 e. The molecule has 28 heavy (non-hydrogen) atoms. The van der Waals surface area contributed by atoms with E-state index >= 15 is 0 Å². The third-order valence-corrected chi connectivity index (χ3v) is 5.60. The Hall–Kier alpha value is -3.00. The van der Waals surface area contributed by atoms with Crippen LogP contribution in [0, 0.1) is 0 Å². The number of hydrogen-bond donors (Lipinski definition) is 2. The molecule has 3 rings (SSSR count). The van der Waals surface area contributed by atoms with Gasteiger partial charge in [-0.1, -0.05) is 12.1 Å². The molecule has 7 nitrogen and oxygen atoms in total. The third-order valence-electron chi connectivity index (χ3n) is 4.51. The Balaban J connectivity index is 1.81. The summed E-state index contributed by atoms with van der Waals surface area (Å²) in [5, 5.41) is 19.6. The number of nitrogens with zero attached hydrogens (tertiary/aromatic N) is 1. The van der Waals surface area contributed by atoms with Crippen LogP contribution in [0.1, 0.15) is 31.1 Å². The Morgan fingerprint density at radius 2 is 1.79 bits per heavy atom. The molecule has 2 N–H and O–H groups in total. The Labute approximate surface area is 165 Å². The number of carbonyl (C=O) groups is 3. The van der Waals surface area contributed by atoms with Crippen LogP contribution in [-0.2, 0) is 0 Å². The second-order valence-electron chi connectivity index (χ2n) is 6.20. The van der Waals surface area contributed by atoms with Gasteiger partial charge in [0.1, 0.15) is 23.9 Å². The van der Waals surface area contributed by atoms with Crippen molar-refractivity contribution in [2.24, 2.45) is 0 Å². The molecular formula is C20H19NO6S. The molecule has 1 unspecified atom stereocenters. The van der Waals surface area contributed by atoms with E-state index in [0.717, 1.165) is 5.75 Å². The van der Waals surface area contributed by atoms with Crippen LogP contribution in [0.5, 0.6) is 17.2 Å². The second-order valence-corrected chi connectivity index (χ2v) is 7.35. The number of carbonyl (C=O) groups excluding carboxylic acids is 3. The average molecular weight is 401 g/mol. The van der Waals surface area contributed by atoms with Gasteiger partial charge in [-0.25, -0.2) is 0 Å². The lowest BCUT2D eigenvalue weighted by atomic mass is 10.1. The SMILES string of the molecule is O=Cc1c(O)cccc1OCC1CSCCN1C(=O)c1cccc(O)c1C=O. The summed E-state index contributed by atoms with van der Waals surface area (Å²) >= 11 is 1.67. The highest BCUT2D eigenvalue weighted by molar-refractivity contribution is 7.99. The van der Waals surface area contributed by atoms with Gasteiger partial charge in [-0.15, -0.1) is 0 Å². The predicted molar refractivity (Wildman–Crippen MR) is 105 cm³/mol. The molecule has 1 atom stereocenters. The molecule has 1 heterocycles. The lowest BCUT2D eigenvalue weighted by Crippen LogP contribution is -2.49. The normalized spacial score (nSPS) is 16.4. The van der Waals surface area contributed by atoms with Crippen molar-refractivity contribution in [1.82, 2.24) is 4.90 Å². The van der Waals surface area contributed by atoms with E-state index < -0.39 is 0 Å². The van der Waals surface area contributed by atoms with Gasteiger partial charge >= 0.3 is 0 Å². The highest BCUT2D eigenvalue weighted by atomic mass is 32.2. The fourth-order valence-electron chi connectivity index (χ4n) is 3.04. The summed E-state index contributed by atoms with van der Waals surface area (Å²) in [6, 6.07) is 8.62. The first kappa shape index (κ1) is 19.8.